The lowest BCUT2D eigenvalue weighted by molar-refractivity contribution is -0.106. The number of aliphatic hydroxyl groups is 1. The number of fused-ring (bicyclic) bond motifs is 3. The summed E-state index contributed by atoms with van der Waals surface area (Å²) in [5, 5.41) is 12.0. The minimum atomic E-state index is -0.827. The topological polar surface area (TPSA) is 49.8 Å². The molecule has 0 aromatic heterocycles. The largest absolute Gasteiger partial charge is 0.465 e. The van der Waals surface area contributed by atoms with Crippen LogP contribution in [-0.4, -0.2) is 42.7 Å². The van der Waals surface area contributed by atoms with Gasteiger partial charge in [-0.15, -0.1) is 0 Å². The highest BCUT2D eigenvalue weighted by Crippen LogP contribution is 2.45. The maximum Gasteiger partial charge on any atom is 0.337 e. The van der Waals surface area contributed by atoms with Gasteiger partial charge in [-0.2, -0.15) is 0 Å². The normalized spacial score (nSPS) is 25.9. The van der Waals surface area contributed by atoms with Gasteiger partial charge < -0.3 is 14.7 Å². The van der Waals surface area contributed by atoms with E-state index >= 15 is 0 Å². The van der Waals surface area contributed by atoms with E-state index in [1.54, 1.807) is 12.1 Å². The minimum Gasteiger partial charge on any atom is -0.465 e. The van der Waals surface area contributed by atoms with E-state index in [0.29, 0.717) is 17.9 Å². The first kappa shape index (κ1) is 19.2. The van der Waals surface area contributed by atoms with Crippen LogP contribution in [0.5, 0.6) is 0 Å². The van der Waals surface area contributed by atoms with Gasteiger partial charge >= 0.3 is 5.97 Å². The highest BCUT2D eigenvalue weighted by atomic mass is 16.5. The third-order valence-corrected chi connectivity index (χ3v) is 6.71. The molecule has 1 N–H and O–H groups in total. The molecule has 5 rings (SSSR count). The summed E-state index contributed by atoms with van der Waals surface area (Å²) in [6.07, 6.45) is 3.83. The van der Waals surface area contributed by atoms with Gasteiger partial charge in [0.05, 0.1) is 18.3 Å². The standard InChI is InChI=1S/C24H29NO3/c1-28-23(26)20-9-7-18(8-10-20)11-14-24(27,21-5-3-2-4-6-21)22-17-25-15-12-19(22)13-16-25/h2-10,19,22,27H,11-17H2,1H3. The van der Waals surface area contributed by atoms with Crippen LogP contribution in [0.4, 0.5) is 0 Å². The van der Waals surface area contributed by atoms with E-state index in [2.05, 4.69) is 17.0 Å². The van der Waals surface area contributed by atoms with E-state index in [-0.39, 0.29) is 11.9 Å². The molecule has 2 aromatic rings. The molecule has 3 aliphatic rings. The number of hydrogen-bond acceptors (Lipinski definition) is 4. The quantitative estimate of drug-likeness (QED) is 0.779. The fourth-order valence-electron chi connectivity index (χ4n) is 5.04. The van der Waals surface area contributed by atoms with Gasteiger partial charge in [-0.05, 0) is 68.0 Å². The average molecular weight is 380 g/mol. The molecule has 3 aliphatic heterocycles. The van der Waals surface area contributed by atoms with E-state index < -0.39 is 5.60 Å². The molecule has 0 amide bonds. The van der Waals surface area contributed by atoms with Gasteiger partial charge in [0.2, 0.25) is 0 Å². The van der Waals surface area contributed by atoms with E-state index in [4.69, 9.17) is 4.74 Å². The summed E-state index contributed by atoms with van der Waals surface area (Å²) in [5.74, 6) is 0.545. The number of piperidine rings is 3. The van der Waals surface area contributed by atoms with Gasteiger partial charge in [0.25, 0.3) is 0 Å². The molecule has 3 saturated heterocycles. The first-order valence-electron chi connectivity index (χ1n) is 10.3. The molecule has 0 spiro atoms. The Morgan fingerprint density at radius 2 is 1.79 bits per heavy atom. The number of ether oxygens (including phenoxy) is 1. The zero-order valence-electron chi connectivity index (χ0n) is 16.5. The Balaban J connectivity index is 1.55. The van der Waals surface area contributed by atoms with E-state index in [1.165, 1.54) is 33.0 Å². The molecular weight excluding hydrogens is 350 g/mol. The fraction of sp³-hybridized carbons (Fsp3) is 0.458. The van der Waals surface area contributed by atoms with Gasteiger partial charge in [-0.3, -0.25) is 0 Å². The van der Waals surface area contributed by atoms with Crippen LogP contribution >= 0.6 is 0 Å². The highest BCUT2D eigenvalue weighted by Gasteiger charge is 2.47. The van der Waals surface area contributed by atoms with Crippen molar-refractivity contribution in [3.8, 4) is 0 Å². The Morgan fingerprint density at radius 1 is 1.11 bits per heavy atom. The molecule has 28 heavy (non-hydrogen) atoms. The molecular formula is C24H29NO3. The number of rotatable bonds is 6. The number of aryl methyl sites for hydroxylation is 1. The molecule has 3 fully saturated rings. The van der Waals surface area contributed by atoms with Gasteiger partial charge in [0, 0.05) is 12.5 Å². The van der Waals surface area contributed by atoms with E-state index in [1.807, 2.05) is 30.3 Å². The molecule has 148 valence electrons. The van der Waals surface area contributed by atoms with Crippen LogP contribution in [0.2, 0.25) is 0 Å². The van der Waals surface area contributed by atoms with Gasteiger partial charge in [0.1, 0.15) is 0 Å². The Bertz CT molecular complexity index is 796. The second-order valence-corrected chi connectivity index (χ2v) is 8.22. The SMILES string of the molecule is COC(=O)c1ccc(CCC(O)(c2ccccc2)C2CN3CCC2CC3)cc1. The summed E-state index contributed by atoms with van der Waals surface area (Å²) >= 11 is 0. The van der Waals surface area contributed by atoms with Crippen molar-refractivity contribution in [1.29, 1.82) is 0 Å². The molecule has 2 atom stereocenters. The average Bonchev–Trinajstić information content (AvgIpc) is 2.78. The summed E-state index contributed by atoms with van der Waals surface area (Å²) in [4.78, 5) is 14.1. The van der Waals surface area contributed by atoms with E-state index in [9.17, 15) is 9.90 Å². The summed E-state index contributed by atoms with van der Waals surface area (Å²) in [7, 11) is 1.39. The van der Waals surface area contributed by atoms with Crippen molar-refractivity contribution in [2.45, 2.75) is 31.3 Å². The van der Waals surface area contributed by atoms with Crippen molar-refractivity contribution in [2.75, 3.05) is 26.7 Å². The lowest BCUT2D eigenvalue weighted by Crippen LogP contribution is -2.55. The van der Waals surface area contributed by atoms with Crippen LogP contribution in [0.1, 0.15) is 40.7 Å². The molecule has 2 bridgehead atoms. The van der Waals surface area contributed by atoms with Crippen LogP contribution < -0.4 is 0 Å². The number of nitrogens with zero attached hydrogens (tertiary/aromatic N) is 1. The van der Waals surface area contributed by atoms with Crippen LogP contribution in [0.3, 0.4) is 0 Å². The minimum absolute atomic E-state index is 0.270. The Hall–Kier alpha value is -2.17. The van der Waals surface area contributed by atoms with Crippen LogP contribution in [-0.2, 0) is 16.8 Å². The molecule has 0 radical (unpaired) electrons. The van der Waals surface area contributed by atoms with Crippen LogP contribution in [0.15, 0.2) is 54.6 Å². The Morgan fingerprint density at radius 3 is 2.36 bits per heavy atom. The Kier molecular flexibility index (Phi) is 5.51. The van der Waals surface area contributed by atoms with Crippen molar-refractivity contribution >= 4 is 5.97 Å². The highest BCUT2D eigenvalue weighted by molar-refractivity contribution is 5.89. The molecule has 4 heteroatoms. The number of esters is 1. The van der Waals surface area contributed by atoms with Gasteiger partial charge in [-0.25, -0.2) is 4.79 Å². The number of methoxy groups -OCH3 is 1. The van der Waals surface area contributed by atoms with Gasteiger partial charge in [-0.1, -0.05) is 42.5 Å². The lowest BCUT2D eigenvalue weighted by atomic mass is 9.66. The predicted molar refractivity (Wildman–Crippen MR) is 109 cm³/mol. The lowest BCUT2D eigenvalue weighted by Gasteiger charge is -2.51. The zero-order chi connectivity index (χ0) is 19.6. The first-order chi connectivity index (χ1) is 13.6. The van der Waals surface area contributed by atoms with Crippen LogP contribution in [0.25, 0.3) is 0 Å². The predicted octanol–water partition coefficient (Wildman–Crippen LogP) is 3.64. The molecule has 0 aliphatic carbocycles. The van der Waals surface area contributed by atoms with Gasteiger partial charge in [0.15, 0.2) is 0 Å². The summed E-state index contributed by atoms with van der Waals surface area (Å²) in [5.41, 5.74) is 1.89. The maximum atomic E-state index is 12.0. The van der Waals surface area contributed by atoms with Crippen molar-refractivity contribution in [1.82, 2.24) is 4.90 Å². The number of carbonyl (C=O) groups excluding carboxylic acids is 1. The smallest absolute Gasteiger partial charge is 0.337 e. The molecule has 2 unspecified atom stereocenters. The summed E-state index contributed by atoms with van der Waals surface area (Å²) < 4.78 is 4.77. The second-order valence-electron chi connectivity index (χ2n) is 8.22. The molecule has 3 heterocycles. The number of carbonyl (C=O) groups is 1. The third-order valence-electron chi connectivity index (χ3n) is 6.71. The monoisotopic (exact) mass is 379 g/mol. The number of benzene rings is 2. The van der Waals surface area contributed by atoms with Crippen molar-refractivity contribution < 1.29 is 14.6 Å². The van der Waals surface area contributed by atoms with E-state index in [0.717, 1.165) is 24.1 Å². The number of hydrogen-bond donors (Lipinski definition) is 1. The zero-order valence-corrected chi connectivity index (χ0v) is 16.5. The molecule has 2 aromatic carbocycles. The van der Waals surface area contributed by atoms with Crippen molar-refractivity contribution in [3.63, 3.8) is 0 Å². The third kappa shape index (κ3) is 3.71. The van der Waals surface area contributed by atoms with Crippen molar-refractivity contribution in [2.24, 2.45) is 11.8 Å². The Labute approximate surface area is 167 Å². The maximum absolute atomic E-state index is 12.0. The second kappa shape index (κ2) is 8.06. The molecule has 0 saturated carbocycles. The van der Waals surface area contributed by atoms with Crippen LogP contribution in [0, 0.1) is 11.8 Å². The fourth-order valence-corrected chi connectivity index (χ4v) is 5.04. The first-order valence-corrected chi connectivity index (χ1v) is 10.3. The molecule has 4 nitrogen and oxygen atoms in total. The van der Waals surface area contributed by atoms with Crippen molar-refractivity contribution in [3.05, 3.63) is 71.3 Å². The summed E-state index contributed by atoms with van der Waals surface area (Å²) in [6.45, 7) is 3.32. The summed E-state index contributed by atoms with van der Waals surface area (Å²) in [6, 6.07) is 17.7.